The van der Waals surface area contributed by atoms with Gasteiger partial charge in [-0.25, -0.2) is 9.97 Å². The van der Waals surface area contributed by atoms with E-state index in [0.717, 1.165) is 22.0 Å². The highest BCUT2D eigenvalue weighted by Crippen LogP contribution is 2.29. The summed E-state index contributed by atoms with van der Waals surface area (Å²) in [6.45, 7) is 3.45. The van der Waals surface area contributed by atoms with Crippen LogP contribution in [0, 0.1) is 0 Å². The molecule has 0 bridgehead atoms. The smallest absolute Gasteiger partial charge is 0.247 e. The molecular formula is C18H15ClN4O. The number of hydrogen-bond acceptors (Lipinski definition) is 4. The van der Waals surface area contributed by atoms with Crippen LogP contribution in [0.1, 0.15) is 0 Å². The van der Waals surface area contributed by atoms with Gasteiger partial charge in [-0.3, -0.25) is 4.79 Å². The average molecular weight is 339 g/mol. The third-order valence-corrected chi connectivity index (χ3v) is 3.71. The monoisotopic (exact) mass is 338 g/mol. The van der Waals surface area contributed by atoms with Gasteiger partial charge in [0.25, 0.3) is 0 Å². The number of rotatable bonds is 4. The van der Waals surface area contributed by atoms with Gasteiger partial charge in [-0.1, -0.05) is 30.3 Å². The topological polar surface area (TPSA) is 66.9 Å². The van der Waals surface area contributed by atoms with Crippen LogP contribution < -0.4 is 10.6 Å². The molecule has 1 aromatic heterocycles. The SMILES string of the molecule is C=CC(=O)Nc1cc(Cl)cc(-c2ccc3cnc(NC)nc3c2)c1. The Kier molecular flexibility index (Phi) is 4.44. The summed E-state index contributed by atoms with van der Waals surface area (Å²) in [6.07, 6.45) is 2.98. The first-order valence-electron chi connectivity index (χ1n) is 7.28. The molecule has 1 heterocycles. The van der Waals surface area contributed by atoms with Crippen LogP contribution in [0.25, 0.3) is 22.0 Å². The fourth-order valence-corrected chi connectivity index (χ4v) is 2.58. The van der Waals surface area contributed by atoms with Crippen molar-refractivity contribution in [3.05, 3.63) is 60.3 Å². The highest BCUT2D eigenvalue weighted by atomic mass is 35.5. The van der Waals surface area contributed by atoms with E-state index in [1.807, 2.05) is 30.3 Å². The van der Waals surface area contributed by atoms with E-state index >= 15 is 0 Å². The molecule has 0 aliphatic heterocycles. The van der Waals surface area contributed by atoms with Crippen molar-refractivity contribution in [2.24, 2.45) is 0 Å². The second-order valence-corrected chi connectivity index (χ2v) is 5.58. The molecule has 0 saturated carbocycles. The Morgan fingerprint density at radius 2 is 2.04 bits per heavy atom. The Morgan fingerprint density at radius 3 is 2.79 bits per heavy atom. The molecule has 3 aromatic rings. The van der Waals surface area contributed by atoms with E-state index in [1.54, 1.807) is 19.3 Å². The zero-order chi connectivity index (χ0) is 17.1. The molecule has 0 aliphatic rings. The summed E-state index contributed by atoms with van der Waals surface area (Å²) < 4.78 is 0. The molecule has 0 radical (unpaired) electrons. The summed E-state index contributed by atoms with van der Waals surface area (Å²) >= 11 is 6.18. The summed E-state index contributed by atoms with van der Waals surface area (Å²) in [7, 11) is 1.77. The first kappa shape index (κ1) is 16.0. The molecular weight excluding hydrogens is 324 g/mol. The van der Waals surface area contributed by atoms with E-state index in [4.69, 9.17) is 11.6 Å². The number of nitrogens with one attached hydrogen (secondary N) is 2. The van der Waals surface area contributed by atoms with Crippen LogP contribution in [0.2, 0.25) is 5.02 Å². The summed E-state index contributed by atoms with van der Waals surface area (Å²) in [5, 5.41) is 7.12. The van der Waals surface area contributed by atoms with Crippen molar-refractivity contribution in [3.8, 4) is 11.1 Å². The minimum atomic E-state index is -0.284. The molecule has 3 rings (SSSR count). The second-order valence-electron chi connectivity index (χ2n) is 5.14. The Morgan fingerprint density at radius 1 is 1.21 bits per heavy atom. The number of halogens is 1. The van der Waals surface area contributed by atoms with E-state index in [9.17, 15) is 4.79 Å². The van der Waals surface area contributed by atoms with Crippen LogP contribution in [0.3, 0.4) is 0 Å². The number of carbonyl (C=O) groups is 1. The van der Waals surface area contributed by atoms with Crippen molar-refractivity contribution in [2.75, 3.05) is 17.7 Å². The number of benzene rings is 2. The zero-order valence-corrected chi connectivity index (χ0v) is 13.8. The summed E-state index contributed by atoms with van der Waals surface area (Å²) in [5.74, 6) is 0.276. The van der Waals surface area contributed by atoms with Crippen molar-refractivity contribution >= 4 is 40.0 Å². The summed E-state index contributed by atoms with van der Waals surface area (Å²) in [6, 6.07) is 11.3. The fourth-order valence-electron chi connectivity index (χ4n) is 2.35. The summed E-state index contributed by atoms with van der Waals surface area (Å²) in [4.78, 5) is 20.1. The molecule has 6 heteroatoms. The summed E-state index contributed by atoms with van der Waals surface area (Å²) in [5.41, 5.74) is 3.26. The van der Waals surface area contributed by atoms with E-state index < -0.39 is 0 Å². The van der Waals surface area contributed by atoms with Crippen LogP contribution in [0.15, 0.2) is 55.3 Å². The third kappa shape index (κ3) is 3.36. The Labute approximate surface area is 144 Å². The van der Waals surface area contributed by atoms with Crippen molar-refractivity contribution in [3.63, 3.8) is 0 Å². The van der Waals surface area contributed by atoms with Gasteiger partial charge in [-0.2, -0.15) is 0 Å². The van der Waals surface area contributed by atoms with Gasteiger partial charge in [0.05, 0.1) is 5.52 Å². The zero-order valence-electron chi connectivity index (χ0n) is 13.0. The minimum absolute atomic E-state index is 0.284. The number of hydrogen-bond donors (Lipinski definition) is 2. The molecule has 0 aliphatic carbocycles. The van der Waals surface area contributed by atoms with Gasteiger partial charge in [0.2, 0.25) is 11.9 Å². The van der Waals surface area contributed by atoms with Crippen molar-refractivity contribution < 1.29 is 4.79 Å². The molecule has 0 fully saturated rings. The molecule has 0 atom stereocenters. The Hall–Kier alpha value is -2.92. The lowest BCUT2D eigenvalue weighted by atomic mass is 10.0. The normalized spacial score (nSPS) is 10.4. The maximum Gasteiger partial charge on any atom is 0.247 e. The van der Waals surface area contributed by atoms with Crippen LogP contribution in [0.5, 0.6) is 0 Å². The lowest BCUT2D eigenvalue weighted by molar-refractivity contribution is -0.111. The highest BCUT2D eigenvalue weighted by molar-refractivity contribution is 6.31. The van der Waals surface area contributed by atoms with Crippen LogP contribution in [-0.2, 0) is 4.79 Å². The number of fused-ring (bicyclic) bond motifs is 1. The molecule has 0 unspecified atom stereocenters. The van der Waals surface area contributed by atoms with Gasteiger partial charge in [0.1, 0.15) is 0 Å². The van der Waals surface area contributed by atoms with E-state index in [-0.39, 0.29) is 5.91 Å². The van der Waals surface area contributed by atoms with Gasteiger partial charge in [-0.05, 0) is 41.5 Å². The second kappa shape index (κ2) is 6.68. The number of anilines is 2. The van der Waals surface area contributed by atoms with Crippen LogP contribution >= 0.6 is 11.6 Å². The molecule has 0 saturated heterocycles. The molecule has 24 heavy (non-hydrogen) atoms. The van der Waals surface area contributed by atoms with Crippen molar-refractivity contribution in [1.29, 1.82) is 0 Å². The minimum Gasteiger partial charge on any atom is -0.357 e. The number of nitrogens with zero attached hydrogens (tertiary/aromatic N) is 2. The van der Waals surface area contributed by atoms with E-state index in [1.165, 1.54) is 6.08 Å². The van der Waals surface area contributed by atoms with E-state index in [2.05, 4.69) is 27.2 Å². The molecule has 2 aromatic carbocycles. The van der Waals surface area contributed by atoms with Crippen LogP contribution in [-0.4, -0.2) is 22.9 Å². The number of aromatic nitrogens is 2. The standard InChI is InChI=1S/C18H15ClN4O/c1-3-17(24)22-15-7-13(6-14(19)9-15)11-4-5-12-10-21-18(20-2)23-16(12)8-11/h3-10H,1H2,2H3,(H,22,24)(H,20,21,23). The van der Waals surface area contributed by atoms with Gasteiger partial charge in [0.15, 0.2) is 0 Å². The number of amides is 1. The van der Waals surface area contributed by atoms with Crippen LogP contribution in [0.4, 0.5) is 11.6 Å². The largest absolute Gasteiger partial charge is 0.357 e. The first-order valence-corrected chi connectivity index (χ1v) is 7.66. The molecule has 5 nitrogen and oxygen atoms in total. The molecule has 2 N–H and O–H groups in total. The predicted molar refractivity (Wildman–Crippen MR) is 98.4 cm³/mol. The third-order valence-electron chi connectivity index (χ3n) is 3.49. The molecule has 1 amide bonds. The molecule has 0 spiro atoms. The Bertz CT molecular complexity index is 939. The highest BCUT2D eigenvalue weighted by Gasteiger charge is 2.06. The quantitative estimate of drug-likeness (QED) is 0.702. The fraction of sp³-hybridized carbons (Fsp3) is 0.0556. The van der Waals surface area contributed by atoms with Gasteiger partial charge in [-0.15, -0.1) is 0 Å². The number of carbonyl (C=O) groups excluding carboxylic acids is 1. The van der Waals surface area contributed by atoms with E-state index in [0.29, 0.717) is 16.7 Å². The van der Waals surface area contributed by atoms with Gasteiger partial charge < -0.3 is 10.6 Å². The lowest BCUT2D eigenvalue weighted by Gasteiger charge is -2.09. The lowest BCUT2D eigenvalue weighted by Crippen LogP contribution is -2.07. The van der Waals surface area contributed by atoms with Crippen molar-refractivity contribution in [2.45, 2.75) is 0 Å². The van der Waals surface area contributed by atoms with Gasteiger partial charge >= 0.3 is 0 Å². The predicted octanol–water partition coefficient (Wildman–Crippen LogP) is 4.12. The maximum absolute atomic E-state index is 11.5. The Balaban J connectivity index is 2.05. The molecule has 120 valence electrons. The van der Waals surface area contributed by atoms with Gasteiger partial charge in [0, 0.05) is 29.3 Å². The average Bonchev–Trinajstić information content (AvgIpc) is 2.60. The maximum atomic E-state index is 11.5. The first-order chi connectivity index (χ1) is 11.6. The van der Waals surface area contributed by atoms with Crippen molar-refractivity contribution in [1.82, 2.24) is 9.97 Å².